The fourth-order valence-corrected chi connectivity index (χ4v) is 3.00. The summed E-state index contributed by atoms with van der Waals surface area (Å²) in [6.45, 7) is 2.01. The SMILES string of the molecule is CC(=O)Nc1ccsc1CNc1cc(Cl)c(Cl)cc1Cl. The molecule has 0 saturated heterocycles. The van der Waals surface area contributed by atoms with E-state index < -0.39 is 0 Å². The van der Waals surface area contributed by atoms with Crippen molar-refractivity contribution in [2.24, 2.45) is 0 Å². The van der Waals surface area contributed by atoms with Crippen LogP contribution in [0.1, 0.15) is 11.8 Å². The molecular formula is C13H11Cl3N2OS. The number of carbonyl (C=O) groups is 1. The van der Waals surface area contributed by atoms with Crippen molar-refractivity contribution in [3.8, 4) is 0 Å². The molecule has 1 aromatic heterocycles. The first kappa shape index (κ1) is 15.4. The van der Waals surface area contributed by atoms with Crippen molar-refractivity contribution < 1.29 is 4.79 Å². The smallest absolute Gasteiger partial charge is 0.221 e. The van der Waals surface area contributed by atoms with E-state index in [1.54, 1.807) is 23.5 Å². The zero-order chi connectivity index (χ0) is 14.7. The molecule has 0 fully saturated rings. The standard InChI is InChI=1S/C13H11Cl3N2OS/c1-7(19)18-11-2-3-20-13(11)6-17-12-5-9(15)8(14)4-10(12)16/h2-5,17H,6H2,1H3,(H,18,19). The molecule has 0 atom stereocenters. The second-order valence-corrected chi connectivity index (χ2v) is 6.26. The van der Waals surface area contributed by atoms with Crippen molar-refractivity contribution >= 4 is 63.4 Å². The van der Waals surface area contributed by atoms with Gasteiger partial charge in [-0.15, -0.1) is 11.3 Å². The predicted molar refractivity (Wildman–Crippen MR) is 87.4 cm³/mol. The highest BCUT2D eigenvalue weighted by Gasteiger charge is 2.09. The molecule has 0 aliphatic carbocycles. The quantitative estimate of drug-likeness (QED) is 0.737. The largest absolute Gasteiger partial charge is 0.379 e. The van der Waals surface area contributed by atoms with Crippen molar-refractivity contribution in [1.82, 2.24) is 0 Å². The zero-order valence-corrected chi connectivity index (χ0v) is 13.6. The average Bonchev–Trinajstić information content (AvgIpc) is 2.79. The van der Waals surface area contributed by atoms with Crippen LogP contribution in [0.4, 0.5) is 11.4 Å². The number of hydrogen-bond acceptors (Lipinski definition) is 3. The van der Waals surface area contributed by atoms with Gasteiger partial charge < -0.3 is 10.6 Å². The monoisotopic (exact) mass is 348 g/mol. The van der Waals surface area contributed by atoms with Crippen molar-refractivity contribution in [2.75, 3.05) is 10.6 Å². The van der Waals surface area contributed by atoms with E-state index in [1.807, 2.05) is 11.4 Å². The van der Waals surface area contributed by atoms with E-state index in [9.17, 15) is 4.79 Å². The van der Waals surface area contributed by atoms with E-state index in [2.05, 4.69) is 10.6 Å². The molecule has 1 heterocycles. The van der Waals surface area contributed by atoms with Crippen LogP contribution in [-0.2, 0) is 11.3 Å². The summed E-state index contributed by atoms with van der Waals surface area (Å²) in [5, 5.41) is 9.22. The minimum Gasteiger partial charge on any atom is -0.379 e. The summed E-state index contributed by atoms with van der Waals surface area (Å²) in [6, 6.07) is 5.13. The highest BCUT2D eigenvalue weighted by molar-refractivity contribution is 7.10. The van der Waals surface area contributed by atoms with Crippen molar-refractivity contribution in [2.45, 2.75) is 13.5 Å². The number of rotatable bonds is 4. The fraction of sp³-hybridized carbons (Fsp3) is 0.154. The molecule has 0 saturated carbocycles. The zero-order valence-electron chi connectivity index (χ0n) is 10.5. The van der Waals surface area contributed by atoms with Crippen LogP contribution in [0.25, 0.3) is 0 Å². The van der Waals surface area contributed by atoms with Gasteiger partial charge in [-0.05, 0) is 23.6 Å². The molecule has 7 heteroatoms. The lowest BCUT2D eigenvalue weighted by molar-refractivity contribution is -0.114. The lowest BCUT2D eigenvalue weighted by atomic mass is 10.3. The third kappa shape index (κ3) is 3.79. The number of hydrogen-bond donors (Lipinski definition) is 2. The highest BCUT2D eigenvalue weighted by atomic mass is 35.5. The number of thiophene rings is 1. The van der Waals surface area contributed by atoms with E-state index in [0.717, 1.165) is 10.6 Å². The first-order chi connectivity index (χ1) is 9.47. The molecule has 0 bridgehead atoms. The van der Waals surface area contributed by atoms with Crippen LogP contribution < -0.4 is 10.6 Å². The van der Waals surface area contributed by atoms with Crippen LogP contribution in [0.2, 0.25) is 15.1 Å². The fourth-order valence-electron chi connectivity index (χ4n) is 1.61. The van der Waals surface area contributed by atoms with Gasteiger partial charge in [0.1, 0.15) is 0 Å². The van der Waals surface area contributed by atoms with Gasteiger partial charge in [-0.3, -0.25) is 4.79 Å². The summed E-state index contributed by atoms with van der Waals surface area (Å²) < 4.78 is 0. The van der Waals surface area contributed by atoms with Crippen molar-refractivity contribution in [3.05, 3.63) is 43.5 Å². The highest BCUT2D eigenvalue weighted by Crippen LogP contribution is 2.33. The topological polar surface area (TPSA) is 41.1 Å². The maximum Gasteiger partial charge on any atom is 0.221 e. The second kappa shape index (κ2) is 6.68. The molecule has 3 nitrogen and oxygen atoms in total. The van der Waals surface area contributed by atoms with Crippen molar-refractivity contribution in [1.29, 1.82) is 0 Å². The lowest BCUT2D eigenvalue weighted by Crippen LogP contribution is -2.08. The van der Waals surface area contributed by atoms with Crippen LogP contribution in [0.15, 0.2) is 23.6 Å². The summed E-state index contributed by atoms with van der Waals surface area (Å²) >= 11 is 19.5. The van der Waals surface area contributed by atoms with E-state index >= 15 is 0 Å². The average molecular weight is 350 g/mol. The Bertz CT molecular complexity index is 643. The molecule has 2 rings (SSSR count). The molecule has 1 aromatic carbocycles. The molecular weight excluding hydrogens is 339 g/mol. The van der Waals surface area contributed by atoms with Gasteiger partial charge in [0.2, 0.25) is 5.91 Å². The van der Waals surface area contributed by atoms with Gasteiger partial charge >= 0.3 is 0 Å². The van der Waals surface area contributed by atoms with Crippen LogP contribution in [0.5, 0.6) is 0 Å². The Labute approximate surface area is 135 Å². The van der Waals surface area contributed by atoms with Crippen LogP contribution >= 0.6 is 46.1 Å². The summed E-state index contributed by atoms with van der Waals surface area (Å²) in [7, 11) is 0. The van der Waals surface area contributed by atoms with Gasteiger partial charge in [0.25, 0.3) is 0 Å². The van der Waals surface area contributed by atoms with Crippen LogP contribution in [0, 0.1) is 0 Å². The summed E-state index contributed by atoms with van der Waals surface area (Å²) in [5.41, 5.74) is 1.49. The van der Waals surface area contributed by atoms with E-state index in [1.165, 1.54) is 6.92 Å². The van der Waals surface area contributed by atoms with Gasteiger partial charge in [-0.1, -0.05) is 34.8 Å². The van der Waals surface area contributed by atoms with Gasteiger partial charge in [0.15, 0.2) is 0 Å². The summed E-state index contributed by atoms with van der Waals surface area (Å²) in [5.74, 6) is -0.0998. The number of halogens is 3. The minimum atomic E-state index is -0.0998. The number of anilines is 2. The predicted octanol–water partition coefficient (Wildman–Crippen LogP) is 5.28. The Morgan fingerprint density at radius 1 is 1.15 bits per heavy atom. The second-order valence-electron chi connectivity index (χ2n) is 4.04. The third-order valence-corrected chi connectivity index (χ3v) is 4.46. The maximum atomic E-state index is 11.1. The molecule has 0 unspecified atom stereocenters. The number of amides is 1. The molecule has 0 aliphatic rings. The molecule has 1 amide bonds. The maximum absolute atomic E-state index is 11.1. The molecule has 2 N–H and O–H groups in total. The third-order valence-electron chi connectivity index (χ3n) is 2.51. The van der Waals surface area contributed by atoms with Gasteiger partial charge in [0.05, 0.1) is 33.0 Å². The van der Waals surface area contributed by atoms with Crippen LogP contribution in [0.3, 0.4) is 0 Å². The molecule has 2 aromatic rings. The van der Waals surface area contributed by atoms with Gasteiger partial charge in [-0.2, -0.15) is 0 Å². The first-order valence-electron chi connectivity index (χ1n) is 5.69. The number of nitrogens with one attached hydrogen (secondary N) is 2. The van der Waals surface area contributed by atoms with E-state index in [4.69, 9.17) is 34.8 Å². The molecule has 0 radical (unpaired) electrons. The number of benzene rings is 1. The summed E-state index contributed by atoms with van der Waals surface area (Å²) in [6.07, 6.45) is 0. The molecule has 0 spiro atoms. The number of carbonyl (C=O) groups excluding carboxylic acids is 1. The Balaban J connectivity index is 2.11. The van der Waals surface area contributed by atoms with Crippen molar-refractivity contribution in [3.63, 3.8) is 0 Å². The Kier molecular flexibility index (Phi) is 5.16. The Morgan fingerprint density at radius 3 is 2.55 bits per heavy atom. The minimum absolute atomic E-state index is 0.0998. The van der Waals surface area contributed by atoms with Gasteiger partial charge in [0, 0.05) is 11.8 Å². The Hall–Kier alpha value is -0.940. The van der Waals surface area contributed by atoms with Gasteiger partial charge in [-0.25, -0.2) is 0 Å². The molecule has 20 heavy (non-hydrogen) atoms. The normalized spacial score (nSPS) is 10.4. The van der Waals surface area contributed by atoms with E-state index in [-0.39, 0.29) is 5.91 Å². The van der Waals surface area contributed by atoms with Crippen LogP contribution in [-0.4, -0.2) is 5.91 Å². The van der Waals surface area contributed by atoms with E-state index in [0.29, 0.717) is 27.3 Å². The molecule has 106 valence electrons. The molecule has 0 aliphatic heterocycles. The first-order valence-corrected chi connectivity index (χ1v) is 7.71. The summed E-state index contributed by atoms with van der Waals surface area (Å²) in [4.78, 5) is 12.1. The Morgan fingerprint density at radius 2 is 1.85 bits per heavy atom. The lowest BCUT2D eigenvalue weighted by Gasteiger charge is -2.10.